The van der Waals surface area contributed by atoms with Gasteiger partial charge in [0, 0.05) is 25.4 Å². The fourth-order valence-electron chi connectivity index (χ4n) is 2.25. The molecule has 1 aromatic heterocycles. The number of hydrogen-bond acceptors (Lipinski definition) is 4. The van der Waals surface area contributed by atoms with Gasteiger partial charge in [0.05, 0.1) is 22.5 Å². The van der Waals surface area contributed by atoms with Crippen LogP contribution in [-0.4, -0.2) is 46.8 Å². The average Bonchev–Trinajstić information content (AvgIpc) is 3.07. The number of thiophene rings is 1. The van der Waals surface area contributed by atoms with Crippen molar-refractivity contribution in [3.05, 3.63) is 21.9 Å². The molecule has 1 aromatic rings. The SMILES string of the molecule is CC(O)C1CCN(C(=O)c2ccc(C#CCCO)s2)C1. The van der Waals surface area contributed by atoms with Crippen LogP contribution in [0.15, 0.2) is 12.1 Å². The van der Waals surface area contributed by atoms with E-state index in [2.05, 4.69) is 11.8 Å². The van der Waals surface area contributed by atoms with Gasteiger partial charge in [-0.25, -0.2) is 0 Å². The first kappa shape index (κ1) is 15.0. The molecule has 108 valence electrons. The fraction of sp³-hybridized carbons (Fsp3) is 0.533. The lowest BCUT2D eigenvalue weighted by molar-refractivity contribution is 0.0767. The highest BCUT2D eigenvalue weighted by molar-refractivity contribution is 7.14. The van der Waals surface area contributed by atoms with E-state index in [1.807, 2.05) is 6.07 Å². The molecule has 1 saturated heterocycles. The van der Waals surface area contributed by atoms with Gasteiger partial charge in [-0.05, 0) is 25.5 Å². The molecule has 0 spiro atoms. The highest BCUT2D eigenvalue weighted by Crippen LogP contribution is 2.24. The van der Waals surface area contributed by atoms with Crippen LogP contribution in [0.3, 0.4) is 0 Å². The monoisotopic (exact) mass is 293 g/mol. The number of amides is 1. The number of likely N-dealkylation sites (tertiary alicyclic amines) is 1. The summed E-state index contributed by atoms with van der Waals surface area (Å²) >= 11 is 1.38. The third kappa shape index (κ3) is 3.60. The van der Waals surface area contributed by atoms with E-state index in [0.717, 1.165) is 11.3 Å². The van der Waals surface area contributed by atoms with Crippen molar-refractivity contribution in [1.29, 1.82) is 0 Å². The molecule has 20 heavy (non-hydrogen) atoms. The minimum absolute atomic E-state index is 0.0216. The van der Waals surface area contributed by atoms with Gasteiger partial charge in [0.25, 0.3) is 5.91 Å². The number of hydrogen-bond donors (Lipinski definition) is 2. The van der Waals surface area contributed by atoms with E-state index in [1.54, 1.807) is 17.9 Å². The summed E-state index contributed by atoms with van der Waals surface area (Å²) in [7, 11) is 0. The molecule has 2 heterocycles. The van der Waals surface area contributed by atoms with Gasteiger partial charge in [-0.1, -0.05) is 11.8 Å². The molecule has 0 saturated carbocycles. The van der Waals surface area contributed by atoms with Gasteiger partial charge >= 0.3 is 0 Å². The molecule has 2 unspecified atom stereocenters. The summed E-state index contributed by atoms with van der Waals surface area (Å²) in [5.74, 6) is 5.99. The van der Waals surface area contributed by atoms with Crippen LogP contribution in [0.5, 0.6) is 0 Å². The lowest BCUT2D eigenvalue weighted by Gasteiger charge is -2.16. The Labute approximate surface area is 123 Å². The Bertz CT molecular complexity index is 527. The minimum atomic E-state index is -0.365. The van der Waals surface area contributed by atoms with Crippen LogP contribution in [0.2, 0.25) is 0 Å². The molecule has 0 bridgehead atoms. The maximum atomic E-state index is 12.3. The fourth-order valence-corrected chi connectivity index (χ4v) is 3.10. The number of carbonyl (C=O) groups excluding carboxylic acids is 1. The Hall–Kier alpha value is -1.35. The van der Waals surface area contributed by atoms with Crippen molar-refractivity contribution in [2.45, 2.75) is 25.9 Å². The summed E-state index contributed by atoms with van der Waals surface area (Å²) < 4.78 is 0. The van der Waals surface area contributed by atoms with Crippen molar-refractivity contribution in [1.82, 2.24) is 4.90 Å². The van der Waals surface area contributed by atoms with Crippen molar-refractivity contribution in [3.63, 3.8) is 0 Å². The summed E-state index contributed by atoms with van der Waals surface area (Å²) in [5.41, 5.74) is 0. The molecule has 5 heteroatoms. The van der Waals surface area contributed by atoms with Crippen molar-refractivity contribution >= 4 is 17.2 Å². The minimum Gasteiger partial charge on any atom is -0.395 e. The third-order valence-electron chi connectivity index (χ3n) is 3.46. The first-order chi connectivity index (χ1) is 9.61. The summed E-state index contributed by atoms with van der Waals surface area (Å²) in [6, 6.07) is 3.64. The van der Waals surface area contributed by atoms with Crippen LogP contribution >= 0.6 is 11.3 Å². The van der Waals surface area contributed by atoms with Gasteiger partial charge < -0.3 is 15.1 Å². The molecular weight excluding hydrogens is 274 g/mol. The molecular formula is C15H19NO3S. The van der Waals surface area contributed by atoms with Crippen molar-refractivity contribution in [2.24, 2.45) is 5.92 Å². The topological polar surface area (TPSA) is 60.8 Å². The van der Waals surface area contributed by atoms with Crippen LogP contribution in [0.25, 0.3) is 0 Å². The molecule has 0 radical (unpaired) electrons. The molecule has 4 nitrogen and oxygen atoms in total. The normalized spacial score (nSPS) is 19.6. The number of carbonyl (C=O) groups is 1. The summed E-state index contributed by atoms with van der Waals surface area (Å²) in [6.07, 6.45) is 0.942. The molecule has 2 atom stereocenters. The first-order valence-electron chi connectivity index (χ1n) is 6.78. The Morgan fingerprint density at radius 3 is 3.05 bits per heavy atom. The molecule has 1 amide bonds. The first-order valence-corrected chi connectivity index (χ1v) is 7.60. The number of rotatable bonds is 3. The van der Waals surface area contributed by atoms with Crippen LogP contribution in [0.4, 0.5) is 0 Å². The number of aliphatic hydroxyl groups is 2. The highest BCUT2D eigenvalue weighted by Gasteiger charge is 2.30. The largest absolute Gasteiger partial charge is 0.395 e. The van der Waals surface area contributed by atoms with E-state index >= 15 is 0 Å². The van der Waals surface area contributed by atoms with Gasteiger partial charge in [0.2, 0.25) is 0 Å². The van der Waals surface area contributed by atoms with Crippen molar-refractivity contribution in [3.8, 4) is 11.8 Å². The molecule has 2 N–H and O–H groups in total. The van der Waals surface area contributed by atoms with Crippen LogP contribution in [0, 0.1) is 17.8 Å². The van der Waals surface area contributed by atoms with Gasteiger partial charge in [0.1, 0.15) is 0 Å². The molecule has 1 fully saturated rings. The average molecular weight is 293 g/mol. The van der Waals surface area contributed by atoms with Gasteiger partial charge in [0.15, 0.2) is 0 Å². The zero-order valence-electron chi connectivity index (χ0n) is 11.5. The predicted octanol–water partition coefficient (Wildman–Crippen LogP) is 1.32. The van der Waals surface area contributed by atoms with Gasteiger partial charge in [-0.2, -0.15) is 0 Å². The number of nitrogens with zero attached hydrogens (tertiary/aromatic N) is 1. The van der Waals surface area contributed by atoms with E-state index in [9.17, 15) is 9.90 Å². The lowest BCUT2D eigenvalue weighted by atomic mass is 10.0. The van der Waals surface area contributed by atoms with Crippen LogP contribution < -0.4 is 0 Å². The maximum Gasteiger partial charge on any atom is 0.263 e. The Kier molecular flexibility index (Phi) is 5.18. The van der Waals surface area contributed by atoms with E-state index in [0.29, 0.717) is 24.4 Å². The highest BCUT2D eigenvalue weighted by atomic mass is 32.1. The second kappa shape index (κ2) is 6.89. The molecule has 0 aromatic carbocycles. The summed E-state index contributed by atoms with van der Waals surface area (Å²) in [4.78, 5) is 15.7. The lowest BCUT2D eigenvalue weighted by Crippen LogP contribution is -2.29. The van der Waals surface area contributed by atoms with E-state index in [4.69, 9.17) is 5.11 Å². The zero-order chi connectivity index (χ0) is 14.5. The smallest absolute Gasteiger partial charge is 0.263 e. The van der Waals surface area contributed by atoms with Gasteiger partial charge in [-0.3, -0.25) is 4.79 Å². The third-order valence-corrected chi connectivity index (χ3v) is 4.45. The summed E-state index contributed by atoms with van der Waals surface area (Å²) in [5, 5.41) is 18.2. The second-order valence-electron chi connectivity index (χ2n) is 4.98. The standard InChI is InChI=1S/C15H19NO3S/c1-11(18)12-7-8-16(10-12)15(19)14-6-5-13(20-14)4-2-3-9-17/h5-6,11-12,17-18H,3,7-10H2,1H3. The molecule has 0 aliphatic carbocycles. The van der Waals surface area contributed by atoms with Crippen molar-refractivity contribution in [2.75, 3.05) is 19.7 Å². The molecule has 1 aliphatic rings. The summed E-state index contributed by atoms with van der Waals surface area (Å²) in [6.45, 7) is 3.16. The van der Waals surface area contributed by atoms with E-state index < -0.39 is 0 Å². The Balaban J connectivity index is 1.99. The van der Waals surface area contributed by atoms with Crippen LogP contribution in [-0.2, 0) is 0 Å². The maximum absolute atomic E-state index is 12.3. The molecule has 2 rings (SSSR count). The Morgan fingerprint density at radius 1 is 1.60 bits per heavy atom. The predicted molar refractivity (Wildman–Crippen MR) is 78.6 cm³/mol. The van der Waals surface area contributed by atoms with Gasteiger partial charge in [-0.15, -0.1) is 11.3 Å². The molecule has 1 aliphatic heterocycles. The van der Waals surface area contributed by atoms with E-state index in [-0.39, 0.29) is 24.5 Å². The number of aliphatic hydroxyl groups excluding tert-OH is 2. The quantitative estimate of drug-likeness (QED) is 0.827. The van der Waals surface area contributed by atoms with Crippen LogP contribution in [0.1, 0.15) is 34.3 Å². The Morgan fingerprint density at radius 2 is 2.40 bits per heavy atom. The second-order valence-corrected chi connectivity index (χ2v) is 6.06. The van der Waals surface area contributed by atoms with Crippen molar-refractivity contribution < 1.29 is 15.0 Å². The zero-order valence-corrected chi connectivity index (χ0v) is 12.3. The van der Waals surface area contributed by atoms with E-state index in [1.165, 1.54) is 11.3 Å².